The smallest absolute Gasteiger partial charge is 0.404 e. The number of carbonyl (C=O) groups excluding carboxylic acids is 1. The average Bonchev–Trinajstić information content (AvgIpc) is 3.03. The first-order valence-electron chi connectivity index (χ1n) is 9.33. The monoisotopic (exact) mass is 347 g/mol. The second-order valence-electron chi connectivity index (χ2n) is 7.57. The number of rotatable bonds is 10. The zero-order chi connectivity index (χ0) is 18.5. The molecule has 1 aromatic rings. The van der Waals surface area contributed by atoms with Gasteiger partial charge in [-0.05, 0) is 30.6 Å². The van der Waals surface area contributed by atoms with Gasteiger partial charge in [-0.15, -0.1) is 0 Å². The zero-order valence-corrected chi connectivity index (χ0v) is 15.9. The van der Waals surface area contributed by atoms with E-state index in [0.717, 1.165) is 31.4 Å². The van der Waals surface area contributed by atoms with Crippen molar-refractivity contribution in [2.75, 3.05) is 0 Å². The molecule has 0 saturated carbocycles. The molecular formula is C20H33N3O2. The van der Waals surface area contributed by atoms with Gasteiger partial charge in [-0.3, -0.25) is 0 Å². The van der Waals surface area contributed by atoms with Gasteiger partial charge < -0.3 is 15.5 Å². The maximum absolute atomic E-state index is 11.0. The molecule has 25 heavy (non-hydrogen) atoms. The molecule has 1 rings (SSSR count). The van der Waals surface area contributed by atoms with Crippen LogP contribution in [-0.2, 0) is 4.74 Å². The van der Waals surface area contributed by atoms with Gasteiger partial charge in [0, 0.05) is 6.42 Å². The van der Waals surface area contributed by atoms with Gasteiger partial charge in [0.15, 0.2) is 0 Å². The van der Waals surface area contributed by atoms with Crippen molar-refractivity contribution in [2.45, 2.75) is 84.7 Å². The van der Waals surface area contributed by atoms with Gasteiger partial charge in [0.25, 0.3) is 0 Å². The van der Waals surface area contributed by atoms with E-state index in [1.807, 2.05) is 0 Å². The van der Waals surface area contributed by atoms with Gasteiger partial charge >= 0.3 is 6.09 Å². The van der Waals surface area contributed by atoms with Crippen LogP contribution in [0.5, 0.6) is 0 Å². The molecule has 0 aliphatic heterocycles. The molecule has 0 bridgehead atoms. The van der Waals surface area contributed by atoms with Crippen molar-refractivity contribution in [3.63, 3.8) is 0 Å². The lowest BCUT2D eigenvalue weighted by molar-refractivity contribution is 0.0297. The zero-order valence-electron chi connectivity index (χ0n) is 15.9. The minimum atomic E-state index is -0.671. The minimum absolute atomic E-state index is 0.0632. The fraction of sp³-hybridized carbons (Fsp3) is 0.700. The Balaban J connectivity index is 1.99. The number of ether oxygens (including phenoxy) is 1. The van der Waals surface area contributed by atoms with E-state index in [1.165, 1.54) is 32.1 Å². The normalized spacial score (nSPS) is 12.3. The largest absolute Gasteiger partial charge is 0.446 e. The van der Waals surface area contributed by atoms with Crippen LogP contribution in [0.15, 0.2) is 12.5 Å². The van der Waals surface area contributed by atoms with Crippen molar-refractivity contribution in [1.82, 2.24) is 9.97 Å². The number of carbonyl (C=O) groups is 1. The molecular weight excluding hydrogens is 314 g/mol. The Kier molecular flexibility index (Phi) is 9.76. The first kappa shape index (κ1) is 21.1. The fourth-order valence-corrected chi connectivity index (χ4v) is 2.72. The molecule has 1 unspecified atom stereocenters. The summed E-state index contributed by atoms with van der Waals surface area (Å²) in [6, 6.07) is 0. The molecule has 0 aliphatic rings. The molecule has 5 nitrogen and oxygen atoms in total. The average molecular weight is 348 g/mol. The van der Waals surface area contributed by atoms with E-state index in [1.54, 1.807) is 12.5 Å². The minimum Gasteiger partial charge on any atom is -0.446 e. The Hall–Kier alpha value is -1.96. The van der Waals surface area contributed by atoms with E-state index in [2.05, 4.69) is 42.6 Å². The van der Waals surface area contributed by atoms with Crippen LogP contribution in [-0.4, -0.2) is 22.2 Å². The summed E-state index contributed by atoms with van der Waals surface area (Å²) in [6.07, 6.45) is 12.8. The predicted octanol–water partition coefficient (Wildman–Crippen LogP) is 4.78. The number of aromatic amines is 1. The van der Waals surface area contributed by atoms with Crippen LogP contribution in [0.3, 0.4) is 0 Å². The number of nitrogens with zero attached hydrogens (tertiary/aromatic N) is 1. The number of nitrogens with one attached hydrogen (secondary N) is 1. The van der Waals surface area contributed by atoms with Crippen LogP contribution in [0.2, 0.25) is 0 Å². The highest BCUT2D eigenvalue weighted by Gasteiger charge is 2.27. The summed E-state index contributed by atoms with van der Waals surface area (Å²) >= 11 is 0. The van der Waals surface area contributed by atoms with Gasteiger partial charge in [-0.1, -0.05) is 58.8 Å². The summed E-state index contributed by atoms with van der Waals surface area (Å²) in [5.74, 6) is 6.23. The fourth-order valence-electron chi connectivity index (χ4n) is 2.72. The number of nitrogens with two attached hydrogens (primary N) is 1. The molecule has 0 saturated heterocycles. The number of primary amides is 1. The number of hydrogen-bond donors (Lipinski definition) is 2. The summed E-state index contributed by atoms with van der Waals surface area (Å²) < 4.78 is 5.24. The number of unbranched alkanes of at least 4 members (excludes halogenated alkanes) is 7. The van der Waals surface area contributed by atoms with Gasteiger partial charge in [0.2, 0.25) is 0 Å². The second kappa shape index (κ2) is 11.6. The lowest BCUT2D eigenvalue weighted by Crippen LogP contribution is -2.33. The Bertz CT molecular complexity index is 536. The van der Waals surface area contributed by atoms with Gasteiger partial charge in [0.1, 0.15) is 11.8 Å². The summed E-state index contributed by atoms with van der Waals surface area (Å²) in [5, 5.41) is 0. The van der Waals surface area contributed by atoms with Crippen molar-refractivity contribution < 1.29 is 9.53 Å². The van der Waals surface area contributed by atoms with Crippen molar-refractivity contribution in [2.24, 2.45) is 11.1 Å². The quantitative estimate of drug-likeness (QED) is 0.472. The van der Waals surface area contributed by atoms with Crippen molar-refractivity contribution in [1.29, 1.82) is 0 Å². The Morgan fingerprint density at radius 1 is 1.20 bits per heavy atom. The first-order chi connectivity index (χ1) is 11.9. The maximum atomic E-state index is 11.0. The number of H-pyrrole nitrogens is 1. The molecule has 0 aliphatic carbocycles. The molecule has 1 aromatic heterocycles. The lowest BCUT2D eigenvalue weighted by atomic mass is 9.86. The Morgan fingerprint density at radius 2 is 1.84 bits per heavy atom. The molecule has 1 atom stereocenters. The molecule has 0 fully saturated rings. The molecule has 1 heterocycles. The van der Waals surface area contributed by atoms with Crippen LogP contribution in [0, 0.1) is 17.3 Å². The Labute approximate surface area is 152 Å². The summed E-state index contributed by atoms with van der Waals surface area (Å²) in [5.41, 5.74) is 5.98. The first-order valence-corrected chi connectivity index (χ1v) is 9.33. The third-order valence-corrected chi connectivity index (χ3v) is 4.21. The number of hydrogen-bond acceptors (Lipinski definition) is 3. The second-order valence-corrected chi connectivity index (χ2v) is 7.57. The highest BCUT2D eigenvalue weighted by atomic mass is 16.6. The molecule has 5 heteroatoms. The third-order valence-electron chi connectivity index (χ3n) is 4.21. The van der Waals surface area contributed by atoms with E-state index in [9.17, 15) is 4.79 Å². The highest BCUT2D eigenvalue weighted by molar-refractivity contribution is 5.64. The molecule has 3 N–H and O–H groups in total. The predicted molar refractivity (Wildman–Crippen MR) is 101 cm³/mol. The topological polar surface area (TPSA) is 81.0 Å². The van der Waals surface area contributed by atoms with Gasteiger partial charge in [-0.2, -0.15) is 0 Å². The molecule has 0 spiro atoms. The number of imidazole rings is 1. The van der Waals surface area contributed by atoms with Crippen LogP contribution in [0.25, 0.3) is 0 Å². The van der Waals surface area contributed by atoms with Gasteiger partial charge in [0.05, 0.1) is 12.5 Å². The van der Waals surface area contributed by atoms with E-state index in [0.29, 0.717) is 0 Å². The summed E-state index contributed by atoms with van der Waals surface area (Å²) in [6.45, 7) is 6.24. The van der Waals surface area contributed by atoms with Crippen LogP contribution >= 0.6 is 0 Å². The standard InChI is InChI=1S/C20H33N3O2/c1-20(2,3)18(25-19(21)24)14-12-10-8-6-4-5-7-9-11-13-17-15-22-16-23-17/h15-16,18H,4-10,12,14H2,1-3H3,(H2,21,24)(H,22,23). The third kappa shape index (κ3) is 10.5. The maximum Gasteiger partial charge on any atom is 0.404 e. The van der Waals surface area contributed by atoms with Crippen LogP contribution in [0.4, 0.5) is 4.79 Å². The molecule has 0 aromatic carbocycles. The molecule has 140 valence electrons. The van der Waals surface area contributed by atoms with E-state index < -0.39 is 6.09 Å². The number of amides is 1. The van der Waals surface area contributed by atoms with E-state index >= 15 is 0 Å². The van der Waals surface area contributed by atoms with Crippen molar-refractivity contribution in [3.8, 4) is 11.8 Å². The van der Waals surface area contributed by atoms with Crippen molar-refractivity contribution >= 4 is 6.09 Å². The van der Waals surface area contributed by atoms with E-state index in [-0.39, 0.29) is 11.5 Å². The Morgan fingerprint density at radius 3 is 2.40 bits per heavy atom. The summed E-state index contributed by atoms with van der Waals surface area (Å²) in [4.78, 5) is 17.9. The molecule has 1 amide bonds. The van der Waals surface area contributed by atoms with Crippen LogP contribution in [0.1, 0.15) is 84.3 Å². The molecule has 0 radical (unpaired) electrons. The van der Waals surface area contributed by atoms with Crippen LogP contribution < -0.4 is 5.73 Å². The van der Waals surface area contributed by atoms with Crippen molar-refractivity contribution in [3.05, 3.63) is 18.2 Å². The number of aromatic nitrogens is 2. The highest BCUT2D eigenvalue weighted by Crippen LogP contribution is 2.27. The SMILES string of the molecule is CC(C)(C)C(CCCCCCCCCC#Cc1cnc[nH]1)OC(N)=O. The lowest BCUT2D eigenvalue weighted by Gasteiger charge is -2.29. The van der Waals surface area contributed by atoms with Gasteiger partial charge in [-0.25, -0.2) is 9.78 Å². The van der Waals surface area contributed by atoms with E-state index in [4.69, 9.17) is 10.5 Å². The summed E-state index contributed by atoms with van der Waals surface area (Å²) in [7, 11) is 0.